The van der Waals surface area contributed by atoms with E-state index >= 15 is 0 Å². The van der Waals surface area contributed by atoms with Gasteiger partial charge in [-0.3, -0.25) is 0 Å². The van der Waals surface area contributed by atoms with Gasteiger partial charge < -0.3 is 9.88 Å². The summed E-state index contributed by atoms with van der Waals surface area (Å²) in [4.78, 5) is 0. The van der Waals surface area contributed by atoms with Crippen LogP contribution >= 0.6 is 0 Å². The van der Waals surface area contributed by atoms with Crippen LogP contribution in [0.5, 0.6) is 0 Å². The number of aryl methyl sites for hydroxylation is 1. The van der Waals surface area contributed by atoms with E-state index in [-0.39, 0.29) is 0 Å². The van der Waals surface area contributed by atoms with E-state index in [1.165, 1.54) is 43.1 Å². The summed E-state index contributed by atoms with van der Waals surface area (Å²) in [6.07, 6.45) is 7.53. The van der Waals surface area contributed by atoms with E-state index in [0.717, 1.165) is 12.6 Å². The smallest absolute Gasteiger partial charge is 0.0480 e. The first-order valence-electron chi connectivity index (χ1n) is 6.71. The standard InChI is InChI=1S/C15H20N2/c1-2-6-15-13(5-1)9-12-17(15)11-4-3-10-16-14-7-8-14/h1-2,5-6,9,12,14,16H,3-4,7-8,10-11H2. The van der Waals surface area contributed by atoms with Crippen LogP contribution in [0, 0.1) is 0 Å². The van der Waals surface area contributed by atoms with Gasteiger partial charge in [0, 0.05) is 24.3 Å². The summed E-state index contributed by atoms with van der Waals surface area (Å²) in [5.41, 5.74) is 1.36. The lowest BCUT2D eigenvalue weighted by atomic mass is 10.2. The highest BCUT2D eigenvalue weighted by atomic mass is 15.0. The zero-order valence-corrected chi connectivity index (χ0v) is 10.2. The van der Waals surface area contributed by atoms with Crippen molar-refractivity contribution in [3.8, 4) is 0 Å². The molecule has 0 amide bonds. The van der Waals surface area contributed by atoms with Crippen molar-refractivity contribution in [2.24, 2.45) is 0 Å². The highest BCUT2D eigenvalue weighted by Gasteiger charge is 2.19. The second-order valence-electron chi connectivity index (χ2n) is 5.00. The van der Waals surface area contributed by atoms with Gasteiger partial charge in [0.15, 0.2) is 0 Å². The first-order chi connectivity index (χ1) is 8.43. The van der Waals surface area contributed by atoms with E-state index in [1.54, 1.807) is 0 Å². The topological polar surface area (TPSA) is 17.0 Å². The Morgan fingerprint density at radius 1 is 1.12 bits per heavy atom. The van der Waals surface area contributed by atoms with Crippen LogP contribution in [-0.4, -0.2) is 17.2 Å². The summed E-state index contributed by atoms with van der Waals surface area (Å²) in [7, 11) is 0. The molecule has 17 heavy (non-hydrogen) atoms. The van der Waals surface area contributed by atoms with Crippen molar-refractivity contribution >= 4 is 10.9 Å². The molecule has 1 N–H and O–H groups in total. The Morgan fingerprint density at radius 3 is 2.88 bits per heavy atom. The van der Waals surface area contributed by atoms with Gasteiger partial charge in [-0.15, -0.1) is 0 Å². The lowest BCUT2D eigenvalue weighted by molar-refractivity contribution is 0.575. The van der Waals surface area contributed by atoms with E-state index < -0.39 is 0 Å². The summed E-state index contributed by atoms with van der Waals surface area (Å²) in [6, 6.07) is 11.7. The average Bonchev–Trinajstić information content (AvgIpc) is 3.09. The molecule has 1 aliphatic carbocycles. The molecule has 0 aliphatic heterocycles. The van der Waals surface area contributed by atoms with E-state index in [2.05, 4.69) is 46.4 Å². The molecule has 1 aromatic carbocycles. The third-order valence-electron chi connectivity index (χ3n) is 3.52. The van der Waals surface area contributed by atoms with Crippen molar-refractivity contribution < 1.29 is 0 Å². The van der Waals surface area contributed by atoms with Crippen LogP contribution in [0.1, 0.15) is 25.7 Å². The fraction of sp³-hybridized carbons (Fsp3) is 0.467. The summed E-state index contributed by atoms with van der Waals surface area (Å²) in [6.45, 7) is 2.32. The lowest BCUT2D eigenvalue weighted by Crippen LogP contribution is -2.17. The molecule has 2 nitrogen and oxygen atoms in total. The fourth-order valence-corrected chi connectivity index (χ4v) is 2.34. The Balaban J connectivity index is 1.50. The van der Waals surface area contributed by atoms with Crippen LogP contribution in [0.15, 0.2) is 36.5 Å². The Kier molecular flexibility index (Phi) is 3.14. The predicted molar refractivity (Wildman–Crippen MR) is 72.2 cm³/mol. The van der Waals surface area contributed by atoms with E-state index in [9.17, 15) is 0 Å². The van der Waals surface area contributed by atoms with Gasteiger partial charge in [0.25, 0.3) is 0 Å². The Hall–Kier alpha value is -1.28. The molecule has 0 saturated heterocycles. The van der Waals surface area contributed by atoms with Crippen LogP contribution in [0.3, 0.4) is 0 Å². The number of aromatic nitrogens is 1. The molecule has 0 radical (unpaired) electrons. The highest BCUT2D eigenvalue weighted by Crippen LogP contribution is 2.18. The maximum absolute atomic E-state index is 3.56. The van der Waals surface area contributed by atoms with Gasteiger partial charge in [0.1, 0.15) is 0 Å². The molecule has 0 bridgehead atoms. The number of nitrogens with one attached hydrogen (secondary N) is 1. The number of hydrogen-bond acceptors (Lipinski definition) is 1. The molecule has 1 aliphatic rings. The summed E-state index contributed by atoms with van der Waals surface area (Å²) in [5, 5.41) is 4.92. The zero-order chi connectivity index (χ0) is 11.5. The second kappa shape index (κ2) is 4.92. The number of fused-ring (bicyclic) bond motifs is 1. The van der Waals surface area contributed by atoms with E-state index in [0.29, 0.717) is 0 Å². The largest absolute Gasteiger partial charge is 0.347 e. The zero-order valence-electron chi connectivity index (χ0n) is 10.2. The molecular formula is C15H20N2. The van der Waals surface area contributed by atoms with Crippen LogP contribution in [-0.2, 0) is 6.54 Å². The normalized spacial score (nSPS) is 15.5. The molecule has 2 aromatic rings. The van der Waals surface area contributed by atoms with Gasteiger partial charge in [0.05, 0.1) is 0 Å². The minimum absolute atomic E-state index is 0.849. The first kappa shape index (κ1) is 10.8. The van der Waals surface area contributed by atoms with Gasteiger partial charge in [-0.25, -0.2) is 0 Å². The summed E-state index contributed by atoms with van der Waals surface area (Å²) < 4.78 is 2.37. The molecule has 1 saturated carbocycles. The number of rotatable bonds is 6. The van der Waals surface area contributed by atoms with Crippen molar-refractivity contribution in [2.45, 2.75) is 38.3 Å². The number of unbranched alkanes of at least 4 members (excludes halogenated alkanes) is 1. The third-order valence-corrected chi connectivity index (χ3v) is 3.52. The number of nitrogens with zero attached hydrogens (tertiary/aromatic N) is 1. The Labute approximate surface area is 103 Å². The van der Waals surface area contributed by atoms with E-state index in [1.807, 2.05) is 0 Å². The minimum atomic E-state index is 0.849. The molecule has 3 rings (SSSR count). The molecule has 0 spiro atoms. The van der Waals surface area contributed by atoms with Crippen molar-refractivity contribution in [1.82, 2.24) is 9.88 Å². The molecule has 1 aromatic heterocycles. The van der Waals surface area contributed by atoms with Gasteiger partial charge in [0.2, 0.25) is 0 Å². The highest BCUT2D eigenvalue weighted by molar-refractivity contribution is 5.79. The van der Waals surface area contributed by atoms with Crippen LogP contribution in [0.25, 0.3) is 10.9 Å². The Bertz CT molecular complexity index is 482. The summed E-state index contributed by atoms with van der Waals surface area (Å²) >= 11 is 0. The Morgan fingerprint density at radius 2 is 2.00 bits per heavy atom. The molecule has 1 heterocycles. The van der Waals surface area contributed by atoms with Gasteiger partial charge in [-0.1, -0.05) is 18.2 Å². The quantitative estimate of drug-likeness (QED) is 0.751. The third kappa shape index (κ3) is 2.70. The molecule has 1 fully saturated rings. The first-order valence-corrected chi connectivity index (χ1v) is 6.71. The van der Waals surface area contributed by atoms with Crippen molar-refractivity contribution in [3.63, 3.8) is 0 Å². The maximum Gasteiger partial charge on any atom is 0.0480 e. The monoisotopic (exact) mass is 228 g/mol. The van der Waals surface area contributed by atoms with Crippen LogP contribution < -0.4 is 5.32 Å². The molecule has 0 unspecified atom stereocenters. The number of hydrogen-bond donors (Lipinski definition) is 1. The molecule has 2 heteroatoms. The van der Waals surface area contributed by atoms with Crippen molar-refractivity contribution in [1.29, 1.82) is 0 Å². The van der Waals surface area contributed by atoms with Crippen LogP contribution in [0.4, 0.5) is 0 Å². The maximum atomic E-state index is 3.56. The summed E-state index contributed by atoms with van der Waals surface area (Å²) in [5.74, 6) is 0. The van der Waals surface area contributed by atoms with Crippen molar-refractivity contribution in [2.75, 3.05) is 6.54 Å². The minimum Gasteiger partial charge on any atom is -0.347 e. The van der Waals surface area contributed by atoms with Crippen LogP contribution in [0.2, 0.25) is 0 Å². The fourth-order valence-electron chi connectivity index (χ4n) is 2.34. The predicted octanol–water partition coefficient (Wildman–Crippen LogP) is 3.17. The SMILES string of the molecule is c1ccc2c(c1)ccn2CCCCNC1CC1. The molecule has 0 atom stereocenters. The number of benzene rings is 1. The lowest BCUT2D eigenvalue weighted by Gasteiger charge is -2.06. The van der Waals surface area contributed by atoms with Gasteiger partial charge >= 0.3 is 0 Å². The van der Waals surface area contributed by atoms with Gasteiger partial charge in [-0.05, 0) is 49.7 Å². The molecule has 90 valence electrons. The van der Waals surface area contributed by atoms with E-state index in [4.69, 9.17) is 0 Å². The average molecular weight is 228 g/mol. The number of para-hydroxylation sites is 1. The van der Waals surface area contributed by atoms with Crippen molar-refractivity contribution in [3.05, 3.63) is 36.5 Å². The molecular weight excluding hydrogens is 208 g/mol. The second-order valence-corrected chi connectivity index (χ2v) is 5.00. The van der Waals surface area contributed by atoms with Gasteiger partial charge in [-0.2, -0.15) is 0 Å².